The molecule has 0 fully saturated rings. The maximum Gasteiger partial charge on any atom is 0.213 e. The molecule has 0 N–H and O–H groups in total. The van der Waals surface area contributed by atoms with Gasteiger partial charge in [-0.1, -0.05) is 38.3 Å². The molecule has 0 aliphatic heterocycles. The highest BCUT2D eigenvalue weighted by Crippen LogP contribution is 2.17. The first-order chi connectivity index (χ1) is 5.84. The van der Waals surface area contributed by atoms with Crippen molar-refractivity contribution in [3.63, 3.8) is 0 Å². The number of aromatic nitrogens is 2. The SMILES string of the molecule is CCCCCC(C)c1ncon1. The van der Waals surface area contributed by atoms with Crippen LogP contribution in [0.4, 0.5) is 0 Å². The molecule has 0 aromatic carbocycles. The van der Waals surface area contributed by atoms with Crippen LogP contribution in [0, 0.1) is 0 Å². The molecule has 0 saturated heterocycles. The van der Waals surface area contributed by atoms with Crippen molar-refractivity contribution in [2.45, 2.75) is 45.4 Å². The molecule has 0 bridgehead atoms. The highest BCUT2D eigenvalue weighted by atomic mass is 16.5. The Labute approximate surface area is 73.2 Å². The molecule has 1 atom stereocenters. The molecule has 0 aliphatic rings. The van der Waals surface area contributed by atoms with Gasteiger partial charge in [-0.3, -0.25) is 0 Å². The van der Waals surface area contributed by atoms with Gasteiger partial charge in [0.25, 0.3) is 0 Å². The summed E-state index contributed by atoms with van der Waals surface area (Å²) in [4.78, 5) is 4.02. The molecule has 0 aliphatic carbocycles. The summed E-state index contributed by atoms with van der Waals surface area (Å²) in [6, 6.07) is 0. The molecule has 0 radical (unpaired) electrons. The lowest BCUT2D eigenvalue weighted by Gasteiger charge is -2.04. The predicted molar refractivity (Wildman–Crippen MR) is 46.9 cm³/mol. The second-order valence-electron chi connectivity index (χ2n) is 3.19. The van der Waals surface area contributed by atoms with E-state index in [1.54, 1.807) is 0 Å². The van der Waals surface area contributed by atoms with Gasteiger partial charge in [0.05, 0.1) is 0 Å². The molecule has 0 amide bonds. The minimum absolute atomic E-state index is 0.440. The Morgan fingerprint density at radius 2 is 2.33 bits per heavy atom. The predicted octanol–water partition coefficient (Wildman–Crippen LogP) is 2.75. The smallest absolute Gasteiger partial charge is 0.213 e. The van der Waals surface area contributed by atoms with Gasteiger partial charge in [-0.25, -0.2) is 0 Å². The second kappa shape index (κ2) is 4.91. The van der Waals surface area contributed by atoms with E-state index in [4.69, 9.17) is 0 Å². The number of unbranched alkanes of at least 4 members (excludes halogenated alkanes) is 2. The highest BCUT2D eigenvalue weighted by molar-refractivity contribution is 4.88. The third-order valence-corrected chi connectivity index (χ3v) is 2.06. The monoisotopic (exact) mass is 168 g/mol. The van der Waals surface area contributed by atoms with E-state index in [0.717, 1.165) is 12.2 Å². The number of rotatable bonds is 5. The summed E-state index contributed by atoms with van der Waals surface area (Å²) in [5.41, 5.74) is 0. The van der Waals surface area contributed by atoms with Crippen LogP contribution < -0.4 is 0 Å². The van der Waals surface area contributed by atoms with Gasteiger partial charge in [-0.05, 0) is 6.42 Å². The lowest BCUT2D eigenvalue weighted by molar-refractivity contribution is 0.402. The summed E-state index contributed by atoms with van der Waals surface area (Å²) in [6.45, 7) is 4.35. The molecule has 0 saturated carbocycles. The Kier molecular flexibility index (Phi) is 3.77. The van der Waals surface area contributed by atoms with E-state index in [0.29, 0.717) is 5.92 Å². The van der Waals surface area contributed by atoms with E-state index in [1.807, 2.05) is 0 Å². The summed E-state index contributed by atoms with van der Waals surface area (Å²) in [5, 5.41) is 3.81. The van der Waals surface area contributed by atoms with Crippen molar-refractivity contribution in [2.75, 3.05) is 0 Å². The van der Waals surface area contributed by atoms with Gasteiger partial charge >= 0.3 is 0 Å². The molecule has 1 rings (SSSR count). The van der Waals surface area contributed by atoms with E-state index in [2.05, 4.69) is 28.5 Å². The standard InChI is InChI=1S/C9H16N2O/c1-3-4-5-6-8(2)9-10-7-12-11-9/h7-8H,3-6H2,1-2H3. The van der Waals surface area contributed by atoms with Crippen molar-refractivity contribution in [3.05, 3.63) is 12.2 Å². The second-order valence-corrected chi connectivity index (χ2v) is 3.19. The molecule has 3 nitrogen and oxygen atoms in total. The van der Waals surface area contributed by atoms with Crippen LogP contribution in [-0.2, 0) is 0 Å². The summed E-state index contributed by atoms with van der Waals surface area (Å²) in [6.07, 6.45) is 6.37. The van der Waals surface area contributed by atoms with Crippen LogP contribution >= 0.6 is 0 Å². The van der Waals surface area contributed by atoms with Gasteiger partial charge in [-0.2, -0.15) is 4.98 Å². The van der Waals surface area contributed by atoms with Gasteiger partial charge in [0.2, 0.25) is 6.39 Å². The molecule has 68 valence electrons. The normalized spacial score (nSPS) is 13.2. The minimum Gasteiger partial charge on any atom is -0.343 e. The van der Waals surface area contributed by atoms with Crippen molar-refractivity contribution < 1.29 is 4.52 Å². The number of nitrogens with zero attached hydrogens (tertiary/aromatic N) is 2. The average Bonchev–Trinajstić information content (AvgIpc) is 2.56. The van der Waals surface area contributed by atoms with Gasteiger partial charge in [-0.15, -0.1) is 0 Å². The fourth-order valence-electron chi connectivity index (χ4n) is 1.23. The Bertz CT molecular complexity index is 196. The molecule has 1 unspecified atom stereocenters. The van der Waals surface area contributed by atoms with Crippen molar-refractivity contribution in [1.82, 2.24) is 10.1 Å². The fourth-order valence-corrected chi connectivity index (χ4v) is 1.23. The maximum atomic E-state index is 4.68. The largest absolute Gasteiger partial charge is 0.343 e. The zero-order valence-corrected chi connectivity index (χ0v) is 7.79. The van der Waals surface area contributed by atoms with Crippen LogP contribution in [0.25, 0.3) is 0 Å². The zero-order chi connectivity index (χ0) is 8.81. The van der Waals surface area contributed by atoms with Gasteiger partial charge in [0.1, 0.15) is 0 Å². The summed E-state index contributed by atoms with van der Waals surface area (Å²) in [7, 11) is 0. The lowest BCUT2D eigenvalue weighted by Crippen LogP contribution is -1.95. The molecule has 12 heavy (non-hydrogen) atoms. The fraction of sp³-hybridized carbons (Fsp3) is 0.778. The van der Waals surface area contributed by atoms with Crippen LogP contribution in [0.1, 0.15) is 51.3 Å². The lowest BCUT2D eigenvalue weighted by atomic mass is 10.0. The van der Waals surface area contributed by atoms with Crippen molar-refractivity contribution in [3.8, 4) is 0 Å². The van der Waals surface area contributed by atoms with Crippen LogP contribution in [0.2, 0.25) is 0 Å². The topological polar surface area (TPSA) is 38.9 Å². The highest BCUT2D eigenvalue weighted by Gasteiger charge is 2.08. The van der Waals surface area contributed by atoms with E-state index in [9.17, 15) is 0 Å². The van der Waals surface area contributed by atoms with Crippen LogP contribution in [0.5, 0.6) is 0 Å². The third kappa shape index (κ3) is 2.64. The Morgan fingerprint density at radius 3 is 2.92 bits per heavy atom. The molecule has 3 heteroatoms. The van der Waals surface area contributed by atoms with Gasteiger partial charge in [0, 0.05) is 5.92 Å². The Balaban J connectivity index is 2.25. The summed E-state index contributed by atoms with van der Waals surface area (Å²) in [5.74, 6) is 1.28. The molecule has 1 aromatic rings. The number of hydrogen-bond donors (Lipinski definition) is 0. The zero-order valence-electron chi connectivity index (χ0n) is 7.79. The third-order valence-electron chi connectivity index (χ3n) is 2.06. The van der Waals surface area contributed by atoms with E-state index < -0.39 is 0 Å². The molecule has 1 aromatic heterocycles. The molecule has 1 heterocycles. The van der Waals surface area contributed by atoms with Gasteiger partial charge < -0.3 is 4.52 Å². The summed E-state index contributed by atoms with van der Waals surface area (Å²) < 4.78 is 4.68. The number of hydrogen-bond acceptors (Lipinski definition) is 3. The molecular weight excluding hydrogens is 152 g/mol. The van der Waals surface area contributed by atoms with Crippen LogP contribution in [-0.4, -0.2) is 10.1 Å². The maximum absolute atomic E-state index is 4.68. The first kappa shape index (κ1) is 9.23. The first-order valence-electron chi connectivity index (χ1n) is 4.61. The summed E-state index contributed by atoms with van der Waals surface area (Å²) >= 11 is 0. The minimum atomic E-state index is 0.440. The van der Waals surface area contributed by atoms with E-state index in [1.165, 1.54) is 25.7 Å². The van der Waals surface area contributed by atoms with Crippen LogP contribution in [0.3, 0.4) is 0 Å². The quantitative estimate of drug-likeness (QED) is 0.634. The van der Waals surface area contributed by atoms with E-state index in [-0.39, 0.29) is 0 Å². The average molecular weight is 168 g/mol. The van der Waals surface area contributed by atoms with Crippen molar-refractivity contribution in [2.24, 2.45) is 0 Å². The molecular formula is C9H16N2O. The van der Waals surface area contributed by atoms with Gasteiger partial charge in [0.15, 0.2) is 5.82 Å². The Morgan fingerprint density at radius 1 is 1.50 bits per heavy atom. The van der Waals surface area contributed by atoms with Crippen LogP contribution in [0.15, 0.2) is 10.9 Å². The molecule has 0 spiro atoms. The van der Waals surface area contributed by atoms with Crippen molar-refractivity contribution in [1.29, 1.82) is 0 Å². The van der Waals surface area contributed by atoms with Crippen molar-refractivity contribution >= 4 is 0 Å². The Hall–Kier alpha value is -0.860. The first-order valence-corrected chi connectivity index (χ1v) is 4.61. The van der Waals surface area contributed by atoms with E-state index >= 15 is 0 Å².